The van der Waals surface area contributed by atoms with Crippen LogP contribution in [0.3, 0.4) is 0 Å². The van der Waals surface area contributed by atoms with E-state index in [2.05, 4.69) is 16.0 Å². The molecular formula is C16H21F3O3S. The summed E-state index contributed by atoms with van der Waals surface area (Å²) in [4.78, 5) is 0. The van der Waals surface area contributed by atoms with Crippen LogP contribution in [-0.4, -0.2) is 13.9 Å². The first-order valence-corrected chi connectivity index (χ1v) is 8.75. The minimum Gasteiger partial charge on any atom is -0.381 e. The second kappa shape index (κ2) is 7.91. The van der Waals surface area contributed by atoms with Gasteiger partial charge in [-0.2, -0.15) is 21.6 Å². The second-order valence-electron chi connectivity index (χ2n) is 5.58. The van der Waals surface area contributed by atoms with Crippen LogP contribution in [0, 0.1) is 17.8 Å². The number of rotatable bonds is 5. The summed E-state index contributed by atoms with van der Waals surface area (Å²) in [6, 6.07) is 0. The lowest BCUT2D eigenvalue weighted by molar-refractivity contribution is -0.0524. The zero-order valence-electron chi connectivity index (χ0n) is 13.5. The third-order valence-electron chi connectivity index (χ3n) is 3.70. The molecular weight excluding hydrogens is 329 g/mol. The SMILES string of the molecule is CC#CCCC(=C(C)C)C1CC=C(OS(=O)(=O)C(F)(F)F)CC1. The molecule has 0 aromatic heterocycles. The Morgan fingerprint density at radius 2 is 2.04 bits per heavy atom. The number of halogens is 3. The topological polar surface area (TPSA) is 43.4 Å². The molecule has 0 amide bonds. The van der Waals surface area contributed by atoms with E-state index in [1.807, 2.05) is 13.8 Å². The molecule has 0 radical (unpaired) electrons. The first-order valence-electron chi connectivity index (χ1n) is 7.34. The summed E-state index contributed by atoms with van der Waals surface area (Å²) in [7, 11) is -5.57. The molecule has 1 aliphatic rings. The molecule has 0 aliphatic heterocycles. The Morgan fingerprint density at radius 1 is 1.39 bits per heavy atom. The van der Waals surface area contributed by atoms with Gasteiger partial charge in [0.05, 0.1) is 0 Å². The molecule has 3 nitrogen and oxygen atoms in total. The number of alkyl halides is 3. The summed E-state index contributed by atoms with van der Waals surface area (Å²) < 4.78 is 63.1. The molecule has 0 spiro atoms. The molecule has 130 valence electrons. The van der Waals surface area contributed by atoms with Gasteiger partial charge in [0.25, 0.3) is 0 Å². The highest BCUT2D eigenvalue weighted by molar-refractivity contribution is 7.87. The Kier molecular flexibility index (Phi) is 6.75. The van der Waals surface area contributed by atoms with Crippen molar-refractivity contribution in [2.45, 2.75) is 58.4 Å². The van der Waals surface area contributed by atoms with Crippen LogP contribution in [0.15, 0.2) is 23.0 Å². The Bertz CT molecular complexity index is 642. The molecule has 0 aromatic carbocycles. The van der Waals surface area contributed by atoms with E-state index in [4.69, 9.17) is 0 Å². The molecule has 1 rings (SSSR count). The van der Waals surface area contributed by atoms with E-state index < -0.39 is 15.6 Å². The molecule has 0 aromatic rings. The average Bonchev–Trinajstić information content (AvgIpc) is 2.43. The van der Waals surface area contributed by atoms with Crippen molar-refractivity contribution in [3.05, 3.63) is 23.0 Å². The van der Waals surface area contributed by atoms with Gasteiger partial charge in [-0.1, -0.05) is 11.1 Å². The van der Waals surface area contributed by atoms with Gasteiger partial charge in [0.1, 0.15) is 5.76 Å². The fourth-order valence-corrected chi connectivity index (χ4v) is 3.10. The van der Waals surface area contributed by atoms with Gasteiger partial charge in [-0.05, 0) is 52.0 Å². The van der Waals surface area contributed by atoms with Crippen LogP contribution in [-0.2, 0) is 14.3 Å². The van der Waals surface area contributed by atoms with Crippen LogP contribution < -0.4 is 0 Å². The molecule has 1 unspecified atom stereocenters. The molecule has 0 saturated carbocycles. The average molecular weight is 350 g/mol. The van der Waals surface area contributed by atoms with Gasteiger partial charge < -0.3 is 4.18 Å². The molecule has 0 heterocycles. The van der Waals surface area contributed by atoms with Gasteiger partial charge in [0, 0.05) is 12.8 Å². The van der Waals surface area contributed by atoms with Crippen molar-refractivity contribution in [1.82, 2.24) is 0 Å². The highest BCUT2D eigenvalue weighted by Gasteiger charge is 2.48. The maximum Gasteiger partial charge on any atom is 0.534 e. The van der Waals surface area contributed by atoms with E-state index in [9.17, 15) is 21.6 Å². The van der Waals surface area contributed by atoms with Crippen molar-refractivity contribution in [3.8, 4) is 11.8 Å². The summed E-state index contributed by atoms with van der Waals surface area (Å²) in [6.45, 7) is 5.77. The van der Waals surface area contributed by atoms with Crippen molar-refractivity contribution >= 4 is 10.1 Å². The van der Waals surface area contributed by atoms with Gasteiger partial charge in [0.15, 0.2) is 0 Å². The monoisotopic (exact) mass is 350 g/mol. The summed E-state index contributed by atoms with van der Waals surface area (Å²) >= 11 is 0. The van der Waals surface area contributed by atoms with Gasteiger partial charge >= 0.3 is 15.6 Å². The van der Waals surface area contributed by atoms with Gasteiger partial charge in [-0.15, -0.1) is 11.8 Å². The predicted molar refractivity (Wildman–Crippen MR) is 82.5 cm³/mol. The lowest BCUT2D eigenvalue weighted by atomic mass is 9.82. The number of hydrogen-bond donors (Lipinski definition) is 0. The highest BCUT2D eigenvalue weighted by atomic mass is 32.2. The van der Waals surface area contributed by atoms with E-state index in [1.54, 1.807) is 6.92 Å². The van der Waals surface area contributed by atoms with Crippen molar-refractivity contribution in [2.75, 3.05) is 0 Å². The second-order valence-corrected chi connectivity index (χ2v) is 7.11. The quantitative estimate of drug-likeness (QED) is 0.313. The van der Waals surface area contributed by atoms with E-state index in [0.717, 1.165) is 12.8 Å². The molecule has 7 heteroatoms. The van der Waals surface area contributed by atoms with E-state index in [-0.39, 0.29) is 18.1 Å². The molecule has 1 atom stereocenters. The maximum atomic E-state index is 12.3. The molecule has 0 saturated heterocycles. The standard InChI is InChI=1S/C16H21F3O3S/c1-4-5-6-7-15(12(2)3)13-8-10-14(11-9-13)22-23(20,21)16(17,18)19/h10,13H,6-9,11H2,1-3H3. The van der Waals surface area contributed by atoms with Crippen molar-refractivity contribution in [1.29, 1.82) is 0 Å². The Morgan fingerprint density at radius 3 is 2.48 bits per heavy atom. The van der Waals surface area contributed by atoms with Crippen LogP contribution in [0.5, 0.6) is 0 Å². The Labute approximate surface area is 135 Å². The third-order valence-corrected chi connectivity index (χ3v) is 4.70. The van der Waals surface area contributed by atoms with Crippen molar-refractivity contribution in [3.63, 3.8) is 0 Å². The maximum absolute atomic E-state index is 12.3. The first-order chi connectivity index (χ1) is 10.6. The third kappa shape index (κ3) is 5.61. The number of hydrogen-bond acceptors (Lipinski definition) is 3. The normalized spacial score (nSPS) is 18.5. The largest absolute Gasteiger partial charge is 0.534 e. The van der Waals surface area contributed by atoms with Crippen LogP contribution in [0.4, 0.5) is 13.2 Å². The predicted octanol–water partition coefficient (Wildman–Crippen LogP) is 4.68. The zero-order valence-corrected chi connectivity index (χ0v) is 14.3. The zero-order chi connectivity index (χ0) is 17.7. The van der Waals surface area contributed by atoms with Crippen LogP contribution in [0.1, 0.15) is 52.9 Å². The minimum absolute atomic E-state index is 0.125. The molecule has 23 heavy (non-hydrogen) atoms. The van der Waals surface area contributed by atoms with Crippen molar-refractivity contribution in [2.24, 2.45) is 5.92 Å². The lowest BCUT2D eigenvalue weighted by Crippen LogP contribution is -2.26. The van der Waals surface area contributed by atoms with E-state index in [1.165, 1.54) is 17.2 Å². The first kappa shape index (κ1) is 19.6. The molecule has 1 aliphatic carbocycles. The lowest BCUT2D eigenvalue weighted by Gasteiger charge is -2.25. The van der Waals surface area contributed by atoms with Crippen molar-refractivity contribution < 1.29 is 25.8 Å². The highest BCUT2D eigenvalue weighted by Crippen LogP contribution is 2.35. The Balaban J connectivity index is 2.77. The number of allylic oxidation sites excluding steroid dienone is 4. The van der Waals surface area contributed by atoms with Gasteiger partial charge in [-0.3, -0.25) is 0 Å². The van der Waals surface area contributed by atoms with Crippen LogP contribution >= 0.6 is 0 Å². The molecule has 0 N–H and O–H groups in total. The van der Waals surface area contributed by atoms with Crippen LogP contribution in [0.25, 0.3) is 0 Å². The summed E-state index contributed by atoms with van der Waals surface area (Å²) in [5, 5.41) is 0. The van der Waals surface area contributed by atoms with E-state index >= 15 is 0 Å². The minimum atomic E-state index is -5.57. The smallest absolute Gasteiger partial charge is 0.381 e. The van der Waals surface area contributed by atoms with Gasteiger partial charge in [-0.25, -0.2) is 0 Å². The fraction of sp³-hybridized carbons (Fsp3) is 0.625. The summed E-state index contributed by atoms with van der Waals surface area (Å²) in [5.41, 5.74) is -2.98. The van der Waals surface area contributed by atoms with Gasteiger partial charge in [0.2, 0.25) is 0 Å². The summed E-state index contributed by atoms with van der Waals surface area (Å²) in [6.07, 6.45) is 4.23. The molecule has 0 bridgehead atoms. The fourth-order valence-electron chi connectivity index (χ4n) is 2.57. The van der Waals surface area contributed by atoms with E-state index in [0.29, 0.717) is 12.8 Å². The summed E-state index contributed by atoms with van der Waals surface area (Å²) in [5.74, 6) is 5.90. The molecule has 0 fully saturated rings. The Hall–Kier alpha value is -1.42. The van der Waals surface area contributed by atoms with Crippen LogP contribution in [0.2, 0.25) is 0 Å².